The summed E-state index contributed by atoms with van der Waals surface area (Å²) in [7, 11) is 0. The Kier molecular flexibility index (Phi) is 7.72. The smallest absolute Gasteiger partial charge is 0.317 e. The van der Waals surface area contributed by atoms with Crippen LogP contribution in [0.15, 0.2) is 30.5 Å². The number of amides is 2. The first-order chi connectivity index (χ1) is 17.5. The molecule has 194 valence electrons. The predicted octanol–water partition coefficient (Wildman–Crippen LogP) is 2.72. The topological polar surface area (TPSA) is 90.6 Å². The Labute approximate surface area is 215 Å². The lowest BCUT2D eigenvalue weighted by Crippen LogP contribution is -2.59. The molecular weight excluding hydrogens is 450 g/mol. The average molecular weight is 492 g/mol. The number of hydrogen-bond donors (Lipinski definition) is 2. The van der Waals surface area contributed by atoms with Crippen molar-refractivity contribution in [3.63, 3.8) is 0 Å². The van der Waals surface area contributed by atoms with E-state index in [-0.39, 0.29) is 12.1 Å². The minimum Gasteiger partial charge on any atom is -0.368 e. The van der Waals surface area contributed by atoms with Crippen molar-refractivity contribution in [3.05, 3.63) is 52.8 Å². The van der Waals surface area contributed by atoms with Gasteiger partial charge in [-0.1, -0.05) is 31.2 Å². The van der Waals surface area contributed by atoms with E-state index in [1.807, 2.05) is 11.1 Å². The summed E-state index contributed by atoms with van der Waals surface area (Å²) in [6.45, 7) is 10.7. The summed E-state index contributed by atoms with van der Waals surface area (Å²) in [6.07, 6.45) is 6.97. The molecule has 2 amide bonds. The molecule has 1 saturated heterocycles. The number of likely N-dealkylation sites (tertiary alicyclic amines) is 1. The minimum absolute atomic E-state index is 0.0672. The molecule has 0 radical (unpaired) electrons. The molecule has 1 aromatic heterocycles. The standard InChI is InChI=1S/C28H41N7O/c1-3-10-35-19-24(14-22-15-25-23(16-26(22)35)17-30-27(29)32-25)31-28(36)34(4-2)13-12-33-11-9-20-7-5-6-8-21(20)18-33/h5-8,17,22,24,26H,3-4,9-16,18-19H2,1-2H3,(H,31,36)(H2,29,30,32)/t22-,24+,26?/m1/s1. The molecule has 1 unspecified atom stereocenters. The van der Waals surface area contributed by atoms with Gasteiger partial charge >= 0.3 is 6.03 Å². The lowest BCUT2D eigenvalue weighted by Gasteiger charge is -2.47. The molecule has 1 fully saturated rings. The van der Waals surface area contributed by atoms with Crippen molar-refractivity contribution in [2.75, 3.05) is 45.0 Å². The van der Waals surface area contributed by atoms with Crippen LogP contribution in [0.25, 0.3) is 0 Å². The van der Waals surface area contributed by atoms with Gasteiger partial charge in [-0.25, -0.2) is 14.8 Å². The molecule has 8 nitrogen and oxygen atoms in total. The number of rotatable bonds is 7. The zero-order valence-corrected chi connectivity index (χ0v) is 21.8. The number of anilines is 1. The predicted molar refractivity (Wildman–Crippen MR) is 143 cm³/mol. The summed E-state index contributed by atoms with van der Waals surface area (Å²) in [5.41, 5.74) is 11.1. The number of nitrogens with one attached hydrogen (secondary N) is 1. The number of nitrogens with zero attached hydrogens (tertiary/aromatic N) is 5. The molecule has 3 aliphatic rings. The molecule has 5 rings (SSSR count). The number of benzene rings is 1. The molecule has 2 aromatic rings. The lowest BCUT2D eigenvalue weighted by atomic mass is 9.76. The number of hydrogen-bond acceptors (Lipinski definition) is 6. The monoisotopic (exact) mass is 491 g/mol. The second-order valence-corrected chi connectivity index (χ2v) is 10.7. The van der Waals surface area contributed by atoms with E-state index in [1.165, 1.54) is 16.7 Å². The largest absolute Gasteiger partial charge is 0.368 e. The van der Waals surface area contributed by atoms with Gasteiger partial charge < -0.3 is 16.0 Å². The Bertz CT molecular complexity index is 1060. The van der Waals surface area contributed by atoms with E-state index in [9.17, 15) is 4.79 Å². The van der Waals surface area contributed by atoms with Gasteiger partial charge in [0.2, 0.25) is 5.95 Å². The first-order valence-corrected chi connectivity index (χ1v) is 13.7. The SMILES string of the molecule is CCCN1C[C@@H](NC(=O)N(CC)CCN2CCc3ccccc3C2)C[C@@H]2Cc3nc(N)ncc3CC21. The van der Waals surface area contributed by atoms with Crippen LogP contribution in [-0.2, 0) is 25.8 Å². The molecule has 1 aromatic carbocycles. The van der Waals surface area contributed by atoms with E-state index < -0.39 is 0 Å². The number of aromatic nitrogens is 2. The quantitative estimate of drug-likeness (QED) is 0.619. The number of carbonyl (C=O) groups is 1. The third kappa shape index (κ3) is 5.49. The van der Waals surface area contributed by atoms with Crippen LogP contribution in [0.2, 0.25) is 0 Å². The summed E-state index contributed by atoms with van der Waals surface area (Å²) in [5.74, 6) is 0.829. The molecule has 3 atom stereocenters. The molecule has 1 aliphatic carbocycles. The summed E-state index contributed by atoms with van der Waals surface area (Å²) < 4.78 is 0. The highest BCUT2D eigenvalue weighted by Crippen LogP contribution is 2.34. The van der Waals surface area contributed by atoms with Crippen LogP contribution in [0.1, 0.15) is 49.1 Å². The number of carbonyl (C=O) groups excluding carboxylic acids is 1. The average Bonchev–Trinajstić information content (AvgIpc) is 2.88. The molecular formula is C28H41N7O. The van der Waals surface area contributed by atoms with Crippen molar-refractivity contribution >= 4 is 12.0 Å². The highest BCUT2D eigenvalue weighted by molar-refractivity contribution is 5.74. The highest BCUT2D eigenvalue weighted by atomic mass is 16.2. The van der Waals surface area contributed by atoms with E-state index in [0.29, 0.717) is 17.9 Å². The van der Waals surface area contributed by atoms with E-state index in [4.69, 9.17) is 5.73 Å². The van der Waals surface area contributed by atoms with Gasteiger partial charge in [-0.15, -0.1) is 0 Å². The molecule has 3 heterocycles. The number of urea groups is 1. The van der Waals surface area contributed by atoms with E-state index >= 15 is 0 Å². The maximum absolute atomic E-state index is 13.3. The molecule has 3 N–H and O–H groups in total. The van der Waals surface area contributed by atoms with Crippen molar-refractivity contribution in [2.24, 2.45) is 5.92 Å². The zero-order valence-electron chi connectivity index (χ0n) is 21.8. The zero-order chi connectivity index (χ0) is 25.1. The molecule has 8 heteroatoms. The fraction of sp³-hybridized carbons (Fsp3) is 0.607. The van der Waals surface area contributed by atoms with Crippen molar-refractivity contribution in [2.45, 2.75) is 64.6 Å². The number of piperidine rings is 1. The Morgan fingerprint density at radius 1 is 1.17 bits per heavy atom. The summed E-state index contributed by atoms with van der Waals surface area (Å²) in [5, 5.41) is 3.40. The van der Waals surface area contributed by atoms with Gasteiger partial charge in [0.1, 0.15) is 0 Å². The number of nitrogens with two attached hydrogens (primary N) is 1. The molecule has 0 bridgehead atoms. The minimum atomic E-state index is 0.0672. The van der Waals surface area contributed by atoms with Crippen molar-refractivity contribution in [3.8, 4) is 0 Å². The number of likely N-dealkylation sites (N-methyl/N-ethyl adjacent to an activating group) is 1. The second kappa shape index (κ2) is 11.1. The lowest BCUT2D eigenvalue weighted by molar-refractivity contribution is 0.0623. The van der Waals surface area contributed by atoms with Gasteiger partial charge in [0.05, 0.1) is 0 Å². The van der Waals surface area contributed by atoms with Gasteiger partial charge in [-0.2, -0.15) is 0 Å². The number of nitrogen functional groups attached to an aromatic ring is 1. The number of fused-ring (bicyclic) bond motifs is 3. The maximum Gasteiger partial charge on any atom is 0.317 e. The van der Waals surface area contributed by atoms with E-state index in [0.717, 1.165) is 83.6 Å². The Hall–Kier alpha value is -2.71. The normalized spacial score (nSPS) is 23.9. The van der Waals surface area contributed by atoms with E-state index in [2.05, 4.69) is 63.2 Å². The van der Waals surface area contributed by atoms with Crippen LogP contribution in [0, 0.1) is 5.92 Å². The van der Waals surface area contributed by atoms with Crippen molar-refractivity contribution < 1.29 is 4.79 Å². The first kappa shape index (κ1) is 25.0. The van der Waals surface area contributed by atoms with Crippen molar-refractivity contribution in [1.82, 2.24) is 30.0 Å². The molecule has 0 saturated carbocycles. The van der Waals surface area contributed by atoms with Gasteiger partial charge in [0, 0.05) is 63.2 Å². The summed E-state index contributed by atoms with van der Waals surface area (Å²) in [4.78, 5) is 29.1. The molecule has 0 spiro atoms. The Morgan fingerprint density at radius 3 is 2.81 bits per heavy atom. The van der Waals surface area contributed by atoms with Crippen LogP contribution in [0.3, 0.4) is 0 Å². The first-order valence-electron chi connectivity index (χ1n) is 13.7. The highest BCUT2D eigenvalue weighted by Gasteiger charge is 2.40. The van der Waals surface area contributed by atoms with Crippen molar-refractivity contribution in [1.29, 1.82) is 0 Å². The van der Waals surface area contributed by atoms with Crippen LogP contribution >= 0.6 is 0 Å². The summed E-state index contributed by atoms with van der Waals surface area (Å²) >= 11 is 0. The molecule has 36 heavy (non-hydrogen) atoms. The van der Waals surface area contributed by atoms with Crippen LogP contribution in [-0.4, -0.2) is 82.1 Å². The van der Waals surface area contributed by atoms with Crippen LogP contribution < -0.4 is 11.1 Å². The van der Waals surface area contributed by atoms with E-state index in [1.54, 1.807) is 0 Å². The Morgan fingerprint density at radius 2 is 2.00 bits per heavy atom. The fourth-order valence-electron chi connectivity index (χ4n) is 6.43. The van der Waals surface area contributed by atoms with Gasteiger partial charge in [0.15, 0.2) is 0 Å². The van der Waals surface area contributed by atoms with Crippen LogP contribution in [0.5, 0.6) is 0 Å². The summed E-state index contributed by atoms with van der Waals surface area (Å²) in [6, 6.07) is 9.43. The second-order valence-electron chi connectivity index (χ2n) is 10.7. The van der Waals surface area contributed by atoms with Gasteiger partial charge in [-0.05, 0) is 68.2 Å². The third-order valence-corrected chi connectivity index (χ3v) is 8.32. The molecule has 2 aliphatic heterocycles. The maximum atomic E-state index is 13.3. The van der Waals surface area contributed by atoms with Gasteiger partial charge in [-0.3, -0.25) is 9.80 Å². The van der Waals surface area contributed by atoms with Gasteiger partial charge in [0.25, 0.3) is 0 Å². The Balaban J connectivity index is 1.18. The fourth-order valence-corrected chi connectivity index (χ4v) is 6.43. The third-order valence-electron chi connectivity index (χ3n) is 8.32. The van der Waals surface area contributed by atoms with Crippen LogP contribution in [0.4, 0.5) is 10.7 Å².